The molecular formula is C13H19BrN2S. The fraction of sp³-hybridized carbons (Fsp3) is 0.538. The van der Waals surface area contributed by atoms with Gasteiger partial charge in [0.2, 0.25) is 0 Å². The molecule has 1 aromatic carbocycles. The fourth-order valence-electron chi connectivity index (χ4n) is 1.79. The molecule has 1 aliphatic rings. The minimum Gasteiger partial charge on any atom is -0.271 e. The number of hydrogen-bond acceptors (Lipinski definition) is 3. The van der Waals surface area contributed by atoms with Crippen LogP contribution in [0.4, 0.5) is 0 Å². The standard InChI is InChI=1S/C13H19BrN2S/c14-11-4-7-13(8-5-11)17-9-12(16-15)6-3-10-1-2-10/h4-5,7-8,10,12,16H,1-3,6,9,15H2. The first kappa shape index (κ1) is 13.4. The molecule has 0 saturated heterocycles. The lowest BCUT2D eigenvalue weighted by Crippen LogP contribution is -2.37. The SMILES string of the molecule is NNC(CCC1CC1)CSc1ccc(Br)cc1. The first-order valence-corrected chi connectivity index (χ1v) is 7.90. The van der Waals surface area contributed by atoms with E-state index < -0.39 is 0 Å². The Labute approximate surface area is 116 Å². The van der Waals surface area contributed by atoms with E-state index in [-0.39, 0.29) is 0 Å². The lowest BCUT2D eigenvalue weighted by Gasteiger charge is -2.15. The first-order chi connectivity index (χ1) is 8.28. The van der Waals surface area contributed by atoms with Gasteiger partial charge in [-0.3, -0.25) is 11.3 Å². The predicted molar refractivity (Wildman–Crippen MR) is 77.9 cm³/mol. The molecule has 1 atom stereocenters. The van der Waals surface area contributed by atoms with Crippen molar-refractivity contribution in [2.45, 2.75) is 36.6 Å². The van der Waals surface area contributed by atoms with Crippen LogP contribution in [0.3, 0.4) is 0 Å². The molecule has 0 heterocycles. The number of benzene rings is 1. The third kappa shape index (κ3) is 5.00. The van der Waals surface area contributed by atoms with Crippen LogP contribution in [0.2, 0.25) is 0 Å². The Morgan fingerprint density at radius 2 is 2.06 bits per heavy atom. The molecule has 1 aliphatic carbocycles. The summed E-state index contributed by atoms with van der Waals surface area (Å²) in [5.74, 6) is 7.63. The molecule has 1 saturated carbocycles. The second-order valence-electron chi connectivity index (χ2n) is 4.65. The van der Waals surface area contributed by atoms with E-state index in [1.165, 1.54) is 30.6 Å². The van der Waals surface area contributed by atoms with Gasteiger partial charge in [-0.05, 0) is 43.0 Å². The van der Waals surface area contributed by atoms with Crippen LogP contribution < -0.4 is 11.3 Å². The quantitative estimate of drug-likeness (QED) is 0.459. The predicted octanol–water partition coefficient (Wildman–Crippen LogP) is 3.56. The third-order valence-corrected chi connectivity index (χ3v) is 4.82. The zero-order chi connectivity index (χ0) is 12.1. The van der Waals surface area contributed by atoms with Crippen LogP contribution in [0.5, 0.6) is 0 Å². The fourth-order valence-corrected chi connectivity index (χ4v) is 3.04. The van der Waals surface area contributed by atoms with Gasteiger partial charge in [0.15, 0.2) is 0 Å². The van der Waals surface area contributed by atoms with E-state index in [1.54, 1.807) is 0 Å². The molecule has 0 aliphatic heterocycles. The van der Waals surface area contributed by atoms with E-state index in [1.807, 2.05) is 11.8 Å². The van der Waals surface area contributed by atoms with Crippen LogP contribution in [-0.2, 0) is 0 Å². The largest absolute Gasteiger partial charge is 0.271 e. The summed E-state index contributed by atoms with van der Waals surface area (Å²) in [5.41, 5.74) is 2.94. The van der Waals surface area contributed by atoms with Gasteiger partial charge >= 0.3 is 0 Å². The molecule has 1 unspecified atom stereocenters. The number of rotatable bonds is 7. The third-order valence-electron chi connectivity index (χ3n) is 3.12. The summed E-state index contributed by atoms with van der Waals surface area (Å²) in [6.45, 7) is 0. The monoisotopic (exact) mass is 314 g/mol. The van der Waals surface area contributed by atoms with E-state index >= 15 is 0 Å². The molecule has 0 spiro atoms. The van der Waals surface area contributed by atoms with Gasteiger partial charge < -0.3 is 0 Å². The Kier molecular flexibility index (Phi) is 5.35. The molecule has 2 rings (SSSR count). The van der Waals surface area contributed by atoms with Crippen molar-refractivity contribution in [2.75, 3.05) is 5.75 Å². The highest BCUT2D eigenvalue weighted by atomic mass is 79.9. The van der Waals surface area contributed by atoms with Crippen molar-refractivity contribution < 1.29 is 0 Å². The van der Waals surface area contributed by atoms with Crippen molar-refractivity contribution in [1.29, 1.82) is 0 Å². The van der Waals surface area contributed by atoms with Crippen LogP contribution in [0.15, 0.2) is 33.6 Å². The van der Waals surface area contributed by atoms with Crippen molar-refractivity contribution in [3.8, 4) is 0 Å². The van der Waals surface area contributed by atoms with Crippen LogP contribution in [0.1, 0.15) is 25.7 Å². The smallest absolute Gasteiger partial charge is 0.0304 e. The highest BCUT2D eigenvalue weighted by Gasteiger charge is 2.22. The summed E-state index contributed by atoms with van der Waals surface area (Å²) in [6.07, 6.45) is 5.38. The maximum absolute atomic E-state index is 5.60. The molecule has 1 aromatic rings. The van der Waals surface area contributed by atoms with Gasteiger partial charge in [0.05, 0.1) is 0 Å². The number of nitrogens with two attached hydrogens (primary N) is 1. The Hall–Kier alpha value is -0.0300. The van der Waals surface area contributed by atoms with Gasteiger partial charge in [-0.2, -0.15) is 0 Å². The van der Waals surface area contributed by atoms with Crippen molar-refractivity contribution in [1.82, 2.24) is 5.43 Å². The molecular weight excluding hydrogens is 296 g/mol. The zero-order valence-electron chi connectivity index (χ0n) is 9.86. The highest BCUT2D eigenvalue weighted by Crippen LogP contribution is 2.34. The maximum Gasteiger partial charge on any atom is 0.0304 e. The Bertz CT molecular complexity index is 338. The first-order valence-electron chi connectivity index (χ1n) is 6.12. The Balaban J connectivity index is 1.72. The number of thioether (sulfide) groups is 1. The van der Waals surface area contributed by atoms with E-state index in [0.29, 0.717) is 6.04 Å². The van der Waals surface area contributed by atoms with Gasteiger partial charge in [-0.15, -0.1) is 11.8 Å². The van der Waals surface area contributed by atoms with Crippen LogP contribution in [0.25, 0.3) is 0 Å². The summed E-state index contributed by atoms with van der Waals surface area (Å²) in [6, 6.07) is 8.88. The molecule has 3 N–H and O–H groups in total. The van der Waals surface area contributed by atoms with Crippen molar-refractivity contribution in [3.63, 3.8) is 0 Å². The van der Waals surface area contributed by atoms with Crippen LogP contribution in [0, 0.1) is 5.92 Å². The summed E-state index contributed by atoms with van der Waals surface area (Å²) in [4.78, 5) is 1.31. The average Bonchev–Trinajstić information content (AvgIpc) is 3.15. The van der Waals surface area contributed by atoms with Gasteiger partial charge in [-0.1, -0.05) is 28.8 Å². The molecule has 1 fully saturated rings. The lowest BCUT2D eigenvalue weighted by atomic mass is 10.1. The molecule has 0 bridgehead atoms. The summed E-state index contributed by atoms with van der Waals surface area (Å²) < 4.78 is 1.13. The molecule has 0 amide bonds. The van der Waals surface area contributed by atoms with E-state index in [0.717, 1.165) is 16.1 Å². The molecule has 0 aromatic heterocycles. The summed E-state index contributed by atoms with van der Waals surface area (Å²) in [7, 11) is 0. The minimum atomic E-state index is 0.434. The molecule has 0 radical (unpaired) electrons. The minimum absolute atomic E-state index is 0.434. The van der Waals surface area contributed by atoms with Crippen molar-refractivity contribution in [2.24, 2.45) is 11.8 Å². The van der Waals surface area contributed by atoms with Crippen molar-refractivity contribution in [3.05, 3.63) is 28.7 Å². The number of hydrogen-bond donors (Lipinski definition) is 2. The highest BCUT2D eigenvalue weighted by molar-refractivity contribution is 9.10. The average molecular weight is 315 g/mol. The van der Waals surface area contributed by atoms with Crippen LogP contribution in [-0.4, -0.2) is 11.8 Å². The maximum atomic E-state index is 5.60. The topological polar surface area (TPSA) is 38.0 Å². The van der Waals surface area contributed by atoms with Gasteiger partial charge in [0.1, 0.15) is 0 Å². The van der Waals surface area contributed by atoms with Crippen LogP contribution >= 0.6 is 27.7 Å². The van der Waals surface area contributed by atoms with E-state index in [9.17, 15) is 0 Å². The Morgan fingerprint density at radius 3 is 2.65 bits per heavy atom. The molecule has 4 heteroatoms. The second-order valence-corrected chi connectivity index (χ2v) is 6.66. The number of nitrogens with one attached hydrogen (secondary N) is 1. The van der Waals surface area contributed by atoms with Gasteiger partial charge in [-0.25, -0.2) is 0 Å². The molecule has 94 valence electrons. The number of halogens is 1. The zero-order valence-corrected chi connectivity index (χ0v) is 12.3. The van der Waals surface area contributed by atoms with E-state index in [2.05, 4.69) is 45.6 Å². The molecule has 2 nitrogen and oxygen atoms in total. The Morgan fingerprint density at radius 1 is 1.35 bits per heavy atom. The van der Waals surface area contributed by atoms with Gasteiger partial charge in [0.25, 0.3) is 0 Å². The summed E-state index contributed by atoms with van der Waals surface area (Å²) in [5, 5.41) is 0. The molecule has 17 heavy (non-hydrogen) atoms. The normalized spacial score (nSPS) is 17.1. The number of hydrazine groups is 1. The summed E-state index contributed by atoms with van der Waals surface area (Å²) >= 11 is 5.32. The lowest BCUT2D eigenvalue weighted by molar-refractivity contribution is 0.501. The van der Waals surface area contributed by atoms with E-state index in [4.69, 9.17) is 5.84 Å². The van der Waals surface area contributed by atoms with Crippen molar-refractivity contribution >= 4 is 27.7 Å². The second kappa shape index (κ2) is 6.78. The van der Waals surface area contributed by atoms with Gasteiger partial charge in [0, 0.05) is 21.2 Å².